The molecule has 1 heterocycles. The van der Waals surface area contributed by atoms with Crippen LogP contribution in [0.2, 0.25) is 0 Å². The molecule has 0 unspecified atom stereocenters. The standard InChI is InChI=1S/C13H25N3O/c1-5-7-9-17-10-12-11(3)15-16(4)13(12)14-8-6-2/h14H,5-10H2,1-4H3. The van der Waals surface area contributed by atoms with Crippen molar-refractivity contribution in [1.82, 2.24) is 9.78 Å². The fourth-order valence-corrected chi connectivity index (χ4v) is 1.76. The van der Waals surface area contributed by atoms with Crippen LogP contribution in [0.1, 0.15) is 44.4 Å². The lowest BCUT2D eigenvalue weighted by atomic mass is 10.2. The highest BCUT2D eigenvalue weighted by Gasteiger charge is 2.12. The summed E-state index contributed by atoms with van der Waals surface area (Å²) in [5.74, 6) is 1.10. The van der Waals surface area contributed by atoms with Gasteiger partial charge in [-0.15, -0.1) is 0 Å². The van der Waals surface area contributed by atoms with E-state index in [9.17, 15) is 0 Å². The maximum absolute atomic E-state index is 5.68. The molecule has 0 fully saturated rings. The van der Waals surface area contributed by atoms with E-state index in [2.05, 4.69) is 24.3 Å². The molecule has 0 spiro atoms. The van der Waals surface area contributed by atoms with Crippen molar-refractivity contribution >= 4 is 5.82 Å². The summed E-state index contributed by atoms with van der Waals surface area (Å²) in [7, 11) is 1.97. The maximum Gasteiger partial charge on any atom is 0.129 e. The fraction of sp³-hybridized carbons (Fsp3) is 0.769. The Balaban J connectivity index is 2.61. The van der Waals surface area contributed by atoms with Crippen LogP contribution in [0.5, 0.6) is 0 Å². The Morgan fingerprint density at radius 2 is 2.06 bits per heavy atom. The van der Waals surface area contributed by atoms with Gasteiger partial charge in [0.1, 0.15) is 5.82 Å². The molecule has 0 aliphatic carbocycles. The Hall–Kier alpha value is -1.03. The number of aromatic nitrogens is 2. The molecule has 1 rings (SSSR count). The SMILES string of the molecule is CCCCOCc1c(C)nn(C)c1NCCC. The summed E-state index contributed by atoms with van der Waals surface area (Å²) in [6.45, 7) is 8.83. The predicted octanol–water partition coefficient (Wildman–Crippen LogP) is 2.87. The van der Waals surface area contributed by atoms with Gasteiger partial charge in [0.05, 0.1) is 12.3 Å². The van der Waals surface area contributed by atoms with Crippen molar-refractivity contribution in [2.45, 2.75) is 46.6 Å². The van der Waals surface area contributed by atoms with E-state index in [1.807, 2.05) is 18.7 Å². The van der Waals surface area contributed by atoms with Crippen molar-refractivity contribution in [3.8, 4) is 0 Å². The van der Waals surface area contributed by atoms with Crippen LogP contribution in [0, 0.1) is 6.92 Å². The second-order valence-electron chi connectivity index (χ2n) is 4.37. The van der Waals surface area contributed by atoms with Gasteiger partial charge in [0.15, 0.2) is 0 Å². The zero-order valence-electron chi connectivity index (χ0n) is 11.5. The molecule has 0 radical (unpaired) electrons. The quantitative estimate of drug-likeness (QED) is 0.709. The van der Waals surface area contributed by atoms with Gasteiger partial charge in [0, 0.05) is 25.8 Å². The molecule has 0 bridgehead atoms. The number of nitrogens with zero attached hydrogens (tertiary/aromatic N) is 2. The van der Waals surface area contributed by atoms with Gasteiger partial charge in [0.2, 0.25) is 0 Å². The number of nitrogens with one attached hydrogen (secondary N) is 1. The molecule has 17 heavy (non-hydrogen) atoms. The van der Waals surface area contributed by atoms with Crippen molar-refractivity contribution in [2.75, 3.05) is 18.5 Å². The lowest BCUT2D eigenvalue weighted by Gasteiger charge is -2.09. The van der Waals surface area contributed by atoms with Crippen molar-refractivity contribution in [2.24, 2.45) is 7.05 Å². The van der Waals surface area contributed by atoms with Crippen LogP contribution in [-0.2, 0) is 18.4 Å². The first-order valence-corrected chi connectivity index (χ1v) is 6.54. The number of rotatable bonds is 8. The second-order valence-corrected chi connectivity index (χ2v) is 4.37. The number of unbranched alkanes of at least 4 members (excludes halogenated alkanes) is 1. The first-order chi connectivity index (χ1) is 8.20. The molecule has 98 valence electrons. The lowest BCUT2D eigenvalue weighted by Crippen LogP contribution is -2.08. The zero-order chi connectivity index (χ0) is 12.7. The van der Waals surface area contributed by atoms with Gasteiger partial charge >= 0.3 is 0 Å². The molecule has 0 aliphatic heterocycles. The second kappa shape index (κ2) is 7.33. The van der Waals surface area contributed by atoms with Crippen LogP contribution in [-0.4, -0.2) is 22.9 Å². The third-order valence-electron chi connectivity index (χ3n) is 2.78. The molecule has 0 atom stereocenters. The minimum absolute atomic E-state index is 0.658. The Bertz CT molecular complexity index is 334. The van der Waals surface area contributed by atoms with Gasteiger partial charge in [0.25, 0.3) is 0 Å². The van der Waals surface area contributed by atoms with Gasteiger partial charge in [-0.05, 0) is 19.8 Å². The lowest BCUT2D eigenvalue weighted by molar-refractivity contribution is 0.118. The molecule has 0 saturated heterocycles. The molecule has 1 aromatic heterocycles. The number of ether oxygens (including phenoxy) is 1. The minimum atomic E-state index is 0.658. The topological polar surface area (TPSA) is 39.1 Å². The predicted molar refractivity (Wildman–Crippen MR) is 71.3 cm³/mol. The van der Waals surface area contributed by atoms with Gasteiger partial charge < -0.3 is 10.1 Å². The summed E-state index contributed by atoms with van der Waals surface area (Å²) in [5, 5.41) is 7.85. The third kappa shape index (κ3) is 4.04. The molecule has 4 heteroatoms. The van der Waals surface area contributed by atoms with E-state index in [1.165, 1.54) is 12.0 Å². The largest absolute Gasteiger partial charge is 0.377 e. The Kier molecular flexibility index (Phi) is 6.05. The van der Waals surface area contributed by atoms with E-state index < -0.39 is 0 Å². The summed E-state index contributed by atoms with van der Waals surface area (Å²) in [6.07, 6.45) is 3.41. The summed E-state index contributed by atoms with van der Waals surface area (Å²) in [5.41, 5.74) is 2.25. The van der Waals surface area contributed by atoms with Crippen LogP contribution in [0.25, 0.3) is 0 Å². The zero-order valence-corrected chi connectivity index (χ0v) is 11.5. The van der Waals surface area contributed by atoms with Gasteiger partial charge in [-0.25, -0.2) is 0 Å². The maximum atomic E-state index is 5.68. The number of hydrogen-bond acceptors (Lipinski definition) is 3. The van der Waals surface area contributed by atoms with E-state index >= 15 is 0 Å². The average molecular weight is 239 g/mol. The fourth-order valence-electron chi connectivity index (χ4n) is 1.76. The molecular formula is C13H25N3O. The molecule has 0 aliphatic rings. The first kappa shape index (κ1) is 14.0. The highest BCUT2D eigenvalue weighted by Crippen LogP contribution is 2.19. The number of aryl methyl sites for hydroxylation is 2. The highest BCUT2D eigenvalue weighted by atomic mass is 16.5. The van der Waals surface area contributed by atoms with E-state index in [-0.39, 0.29) is 0 Å². The Morgan fingerprint density at radius 3 is 2.71 bits per heavy atom. The van der Waals surface area contributed by atoms with Gasteiger partial charge in [-0.1, -0.05) is 20.3 Å². The minimum Gasteiger partial charge on any atom is -0.377 e. The normalized spacial score (nSPS) is 10.8. The van der Waals surface area contributed by atoms with Crippen molar-refractivity contribution in [3.63, 3.8) is 0 Å². The van der Waals surface area contributed by atoms with E-state index in [0.29, 0.717) is 6.61 Å². The average Bonchev–Trinajstić information content (AvgIpc) is 2.57. The summed E-state index contributed by atoms with van der Waals surface area (Å²) in [6, 6.07) is 0. The molecular weight excluding hydrogens is 214 g/mol. The van der Waals surface area contributed by atoms with Crippen molar-refractivity contribution in [1.29, 1.82) is 0 Å². The molecule has 1 aromatic rings. The van der Waals surface area contributed by atoms with Crippen molar-refractivity contribution in [3.05, 3.63) is 11.3 Å². The van der Waals surface area contributed by atoms with E-state index in [0.717, 1.165) is 37.5 Å². The van der Waals surface area contributed by atoms with Gasteiger partial charge in [-0.3, -0.25) is 4.68 Å². The number of hydrogen-bond donors (Lipinski definition) is 1. The summed E-state index contributed by atoms with van der Waals surface area (Å²) < 4.78 is 7.59. The van der Waals surface area contributed by atoms with E-state index in [1.54, 1.807) is 0 Å². The van der Waals surface area contributed by atoms with Crippen LogP contribution in [0.4, 0.5) is 5.82 Å². The van der Waals surface area contributed by atoms with Crippen LogP contribution < -0.4 is 5.32 Å². The van der Waals surface area contributed by atoms with E-state index in [4.69, 9.17) is 4.74 Å². The number of anilines is 1. The Labute approximate surface area is 104 Å². The van der Waals surface area contributed by atoms with Gasteiger partial charge in [-0.2, -0.15) is 5.10 Å². The summed E-state index contributed by atoms with van der Waals surface area (Å²) in [4.78, 5) is 0. The third-order valence-corrected chi connectivity index (χ3v) is 2.78. The first-order valence-electron chi connectivity index (χ1n) is 6.54. The van der Waals surface area contributed by atoms with Crippen LogP contribution in [0.3, 0.4) is 0 Å². The highest BCUT2D eigenvalue weighted by molar-refractivity contribution is 5.47. The van der Waals surface area contributed by atoms with Crippen LogP contribution in [0.15, 0.2) is 0 Å². The molecule has 0 aromatic carbocycles. The summed E-state index contributed by atoms with van der Waals surface area (Å²) >= 11 is 0. The Morgan fingerprint density at radius 1 is 1.29 bits per heavy atom. The molecule has 1 N–H and O–H groups in total. The molecule has 4 nitrogen and oxygen atoms in total. The van der Waals surface area contributed by atoms with Crippen molar-refractivity contribution < 1.29 is 4.74 Å². The molecule has 0 saturated carbocycles. The van der Waals surface area contributed by atoms with Crippen LogP contribution >= 0.6 is 0 Å². The molecule has 0 amide bonds. The monoisotopic (exact) mass is 239 g/mol. The smallest absolute Gasteiger partial charge is 0.129 e.